The van der Waals surface area contributed by atoms with Crippen molar-refractivity contribution < 1.29 is 0 Å². The SMILES string of the molecule is NC(N)=NCCCC1(N)CCCC1. The maximum atomic E-state index is 6.16. The molecule has 0 aromatic rings. The first-order valence-corrected chi connectivity index (χ1v) is 4.97. The minimum Gasteiger partial charge on any atom is -0.370 e. The van der Waals surface area contributed by atoms with Gasteiger partial charge >= 0.3 is 0 Å². The number of guanidine groups is 1. The smallest absolute Gasteiger partial charge is 0.185 e. The van der Waals surface area contributed by atoms with E-state index in [1.807, 2.05) is 0 Å². The molecule has 1 saturated carbocycles. The molecule has 0 unspecified atom stereocenters. The van der Waals surface area contributed by atoms with Crippen molar-refractivity contribution in [2.24, 2.45) is 22.2 Å². The molecule has 0 aliphatic heterocycles. The molecule has 76 valence electrons. The fourth-order valence-corrected chi connectivity index (χ4v) is 1.97. The van der Waals surface area contributed by atoms with Gasteiger partial charge in [0.2, 0.25) is 0 Å². The van der Waals surface area contributed by atoms with E-state index in [9.17, 15) is 0 Å². The highest BCUT2D eigenvalue weighted by Gasteiger charge is 2.28. The van der Waals surface area contributed by atoms with Crippen molar-refractivity contribution in [3.8, 4) is 0 Å². The van der Waals surface area contributed by atoms with Gasteiger partial charge in [-0.3, -0.25) is 4.99 Å². The van der Waals surface area contributed by atoms with Gasteiger partial charge < -0.3 is 17.2 Å². The van der Waals surface area contributed by atoms with Crippen LogP contribution in [0.2, 0.25) is 0 Å². The highest BCUT2D eigenvalue weighted by Crippen LogP contribution is 2.30. The van der Waals surface area contributed by atoms with Crippen molar-refractivity contribution >= 4 is 5.96 Å². The van der Waals surface area contributed by atoms with Crippen LogP contribution in [-0.4, -0.2) is 18.0 Å². The third kappa shape index (κ3) is 3.63. The van der Waals surface area contributed by atoms with Crippen molar-refractivity contribution in [3.05, 3.63) is 0 Å². The molecule has 0 atom stereocenters. The number of hydrogen-bond acceptors (Lipinski definition) is 2. The van der Waals surface area contributed by atoms with Gasteiger partial charge in [0, 0.05) is 12.1 Å². The van der Waals surface area contributed by atoms with Crippen molar-refractivity contribution in [1.29, 1.82) is 0 Å². The van der Waals surface area contributed by atoms with Crippen LogP contribution in [0.5, 0.6) is 0 Å². The Labute approximate surface area is 79.6 Å². The average molecular weight is 184 g/mol. The third-order valence-corrected chi connectivity index (χ3v) is 2.73. The zero-order valence-electron chi connectivity index (χ0n) is 8.13. The molecule has 1 aliphatic carbocycles. The van der Waals surface area contributed by atoms with Crippen LogP contribution in [0.4, 0.5) is 0 Å². The predicted octanol–water partition coefficient (Wildman–Crippen LogP) is 0.311. The van der Waals surface area contributed by atoms with Gasteiger partial charge in [-0.15, -0.1) is 0 Å². The van der Waals surface area contributed by atoms with Gasteiger partial charge in [0.1, 0.15) is 0 Å². The monoisotopic (exact) mass is 184 g/mol. The van der Waals surface area contributed by atoms with Gasteiger partial charge in [-0.1, -0.05) is 12.8 Å². The molecule has 1 aliphatic rings. The van der Waals surface area contributed by atoms with E-state index < -0.39 is 0 Å². The Balaban J connectivity index is 2.15. The van der Waals surface area contributed by atoms with E-state index in [4.69, 9.17) is 17.2 Å². The van der Waals surface area contributed by atoms with Crippen molar-refractivity contribution in [2.75, 3.05) is 6.54 Å². The first kappa shape index (κ1) is 10.3. The minimum absolute atomic E-state index is 0.0822. The van der Waals surface area contributed by atoms with Crippen LogP contribution in [0.25, 0.3) is 0 Å². The Morgan fingerprint density at radius 1 is 1.23 bits per heavy atom. The first-order chi connectivity index (χ1) is 6.12. The number of nitrogens with two attached hydrogens (primary N) is 3. The molecule has 4 heteroatoms. The standard InChI is InChI=1S/C9H20N4/c10-8(11)13-7-3-6-9(12)4-1-2-5-9/h1-7,12H2,(H4,10,11,13). The lowest BCUT2D eigenvalue weighted by molar-refractivity contribution is 0.396. The van der Waals surface area contributed by atoms with Gasteiger partial charge in [0.15, 0.2) is 5.96 Å². The summed E-state index contributed by atoms with van der Waals surface area (Å²) in [6, 6.07) is 0. The third-order valence-electron chi connectivity index (χ3n) is 2.73. The quantitative estimate of drug-likeness (QED) is 0.333. The molecule has 0 radical (unpaired) electrons. The predicted molar refractivity (Wildman–Crippen MR) is 55.3 cm³/mol. The second kappa shape index (κ2) is 4.46. The van der Waals surface area contributed by atoms with Crippen molar-refractivity contribution in [3.63, 3.8) is 0 Å². The lowest BCUT2D eigenvalue weighted by atomic mass is 9.93. The first-order valence-electron chi connectivity index (χ1n) is 4.97. The van der Waals surface area contributed by atoms with E-state index in [2.05, 4.69) is 4.99 Å². The zero-order chi connectivity index (χ0) is 9.73. The fourth-order valence-electron chi connectivity index (χ4n) is 1.97. The Kier molecular flexibility index (Phi) is 3.54. The van der Waals surface area contributed by atoms with E-state index in [0.717, 1.165) is 25.7 Å². The maximum absolute atomic E-state index is 6.16. The summed E-state index contributed by atoms with van der Waals surface area (Å²) in [6.45, 7) is 0.710. The van der Waals surface area contributed by atoms with Gasteiger partial charge in [-0.05, 0) is 25.7 Å². The largest absolute Gasteiger partial charge is 0.370 e. The Hall–Kier alpha value is -0.770. The van der Waals surface area contributed by atoms with Gasteiger partial charge in [-0.25, -0.2) is 0 Å². The minimum atomic E-state index is 0.0822. The summed E-state index contributed by atoms with van der Waals surface area (Å²) in [5, 5.41) is 0. The summed E-state index contributed by atoms with van der Waals surface area (Å²) in [5.74, 6) is 0.178. The maximum Gasteiger partial charge on any atom is 0.185 e. The molecule has 0 aromatic carbocycles. The van der Waals surface area contributed by atoms with Crippen LogP contribution in [0.3, 0.4) is 0 Å². The Morgan fingerprint density at radius 2 is 1.85 bits per heavy atom. The molecule has 6 N–H and O–H groups in total. The van der Waals surface area contributed by atoms with Crippen LogP contribution in [0.1, 0.15) is 38.5 Å². The summed E-state index contributed by atoms with van der Waals surface area (Å²) >= 11 is 0. The zero-order valence-corrected chi connectivity index (χ0v) is 8.13. The molecule has 0 bridgehead atoms. The molecular formula is C9H20N4. The number of hydrogen-bond donors (Lipinski definition) is 3. The van der Waals surface area contributed by atoms with Crippen LogP contribution in [-0.2, 0) is 0 Å². The van der Waals surface area contributed by atoms with E-state index in [1.165, 1.54) is 12.8 Å². The normalized spacial score (nSPS) is 20.1. The van der Waals surface area contributed by atoms with Crippen LogP contribution < -0.4 is 17.2 Å². The lowest BCUT2D eigenvalue weighted by Crippen LogP contribution is -2.36. The Morgan fingerprint density at radius 3 is 2.38 bits per heavy atom. The van der Waals surface area contributed by atoms with E-state index in [0.29, 0.717) is 6.54 Å². The van der Waals surface area contributed by atoms with Gasteiger partial charge in [-0.2, -0.15) is 0 Å². The average Bonchev–Trinajstić information content (AvgIpc) is 2.47. The number of nitrogens with zero attached hydrogens (tertiary/aromatic N) is 1. The second-order valence-corrected chi connectivity index (χ2v) is 3.98. The molecule has 1 fully saturated rings. The summed E-state index contributed by atoms with van der Waals surface area (Å²) < 4.78 is 0. The fraction of sp³-hybridized carbons (Fsp3) is 0.889. The molecule has 0 aromatic heterocycles. The van der Waals surface area contributed by atoms with Gasteiger partial charge in [0.05, 0.1) is 0 Å². The van der Waals surface area contributed by atoms with E-state index in [-0.39, 0.29) is 11.5 Å². The molecule has 0 heterocycles. The summed E-state index contributed by atoms with van der Waals surface area (Å²) in [4.78, 5) is 3.93. The molecular weight excluding hydrogens is 164 g/mol. The van der Waals surface area contributed by atoms with E-state index >= 15 is 0 Å². The second-order valence-electron chi connectivity index (χ2n) is 3.98. The van der Waals surface area contributed by atoms with Crippen LogP contribution >= 0.6 is 0 Å². The van der Waals surface area contributed by atoms with E-state index in [1.54, 1.807) is 0 Å². The lowest BCUT2D eigenvalue weighted by Gasteiger charge is -2.22. The van der Waals surface area contributed by atoms with Crippen LogP contribution in [0.15, 0.2) is 4.99 Å². The highest BCUT2D eigenvalue weighted by atomic mass is 15.0. The molecule has 0 amide bonds. The highest BCUT2D eigenvalue weighted by molar-refractivity contribution is 5.75. The van der Waals surface area contributed by atoms with Gasteiger partial charge in [0.25, 0.3) is 0 Å². The topological polar surface area (TPSA) is 90.4 Å². The number of aliphatic imine (C=N–C) groups is 1. The summed E-state index contributed by atoms with van der Waals surface area (Å²) in [6.07, 6.45) is 6.92. The molecule has 0 spiro atoms. The molecule has 13 heavy (non-hydrogen) atoms. The van der Waals surface area contributed by atoms with Crippen molar-refractivity contribution in [2.45, 2.75) is 44.1 Å². The summed E-state index contributed by atoms with van der Waals surface area (Å²) in [7, 11) is 0. The Bertz CT molecular complexity index is 178. The molecule has 0 saturated heterocycles. The van der Waals surface area contributed by atoms with Crippen molar-refractivity contribution in [1.82, 2.24) is 0 Å². The molecule has 1 rings (SSSR count). The molecule has 4 nitrogen and oxygen atoms in total. The summed E-state index contributed by atoms with van der Waals surface area (Å²) in [5.41, 5.74) is 16.7. The van der Waals surface area contributed by atoms with Crippen LogP contribution in [0, 0.1) is 0 Å². The number of rotatable bonds is 4.